The van der Waals surface area contributed by atoms with Gasteiger partial charge in [0.15, 0.2) is 0 Å². The van der Waals surface area contributed by atoms with Gasteiger partial charge in [0.2, 0.25) is 5.91 Å². The molecule has 240 valence electrons. The van der Waals surface area contributed by atoms with Crippen molar-refractivity contribution in [1.82, 2.24) is 29.8 Å². The molecule has 2 aromatic carbocycles. The van der Waals surface area contributed by atoms with Crippen LogP contribution >= 0.6 is 0 Å². The standard InChI is InChI=1S/C34H45N7O4/c1-24(2)41(33(44)45-34(4,5)6)15-14-39(22-32(43)38(7)40-20-27-10-8-9-11-28(27)21-40)31(42)19-37-30-16-26(13-12-25(30)3)29-17-35-23-36-18-29/h8-13,16-18,23-24,37H,14-15,19-22H2,1-7H3. The number of amides is 3. The molecule has 0 bridgehead atoms. The maximum atomic E-state index is 13.7. The molecule has 0 spiro atoms. The summed E-state index contributed by atoms with van der Waals surface area (Å²) >= 11 is 0. The quantitative estimate of drug-likeness (QED) is 0.330. The van der Waals surface area contributed by atoms with Crippen molar-refractivity contribution in [1.29, 1.82) is 0 Å². The first-order chi connectivity index (χ1) is 21.3. The Morgan fingerprint density at radius 3 is 2.20 bits per heavy atom. The monoisotopic (exact) mass is 615 g/mol. The highest BCUT2D eigenvalue weighted by Gasteiger charge is 2.29. The van der Waals surface area contributed by atoms with Gasteiger partial charge in [0.05, 0.1) is 6.54 Å². The van der Waals surface area contributed by atoms with Crippen molar-refractivity contribution in [3.05, 3.63) is 77.9 Å². The van der Waals surface area contributed by atoms with Crippen LogP contribution in [0.5, 0.6) is 0 Å². The van der Waals surface area contributed by atoms with Crippen molar-refractivity contribution in [2.45, 2.75) is 66.3 Å². The van der Waals surface area contributed by atoms with E-state index in [1.807, 2.05) is 76.9 Å². The number of ether oxygens (including phenoxy) is 1. The van der Waals surface area contributed by atoms with Crippen molar-refractivity contribution >= 4 is 23.6 Å². The third kappa shape index (κ3) is 9.01. The Hall–Kier alpha value is -4.51. The van der Waals surface area contributed by atoms with Crippen LogP contribution in [0.3, 0.4) is 0 Å². The zero-order chi connectivity index (χ0) is 32.7. The third-order valence-corrected chi connectivity index (χ3v) is 7.71. The number of anilines is 1. The van der Waals surface area contributed by atoms with E-state index >= 15 is 0 Å². The van der Waals surface area contributed by atoms with Gasteiger partial charge in [-0.1, -0.05) is 36.4 Å². The minimum atomic E-state index is -0.659. The molecule has 4 rings (SSSR count). The minimum Gasteiger partial charge on any atom is -0.444 e. The van der Waals surface area contributed by atoms with Crippen LogP contribution in [0.2, 0.25) is 0 Å². The van der Waals surface area contributed by atoms with Crippen molar-refractivity contribution in [2.75, 3.05) is 38.5 Å². The number of likely N-dealkylation sites (N-methyl/N-ethyl adjacent to an activating group) is 1. The van der Waals surface area contributed by atoms with Crippen LogP contribution in [-0.2, 0) is 27.4 Å². The van der Waals surface area contributed by atoms with E-state index in [0.29, 0.717) is 13.1 Å². The molecule has 0 saturated carbocycles. The van der Waals surface area contributed by atoms with E-state index in [0.717, 1.165) is 22.4 Å². The molecule has 11 heteroatoms. The summed E-state index contributed by atoms with van der Waals surface area (Å²) in [5.41, 5.74) is 5.24. The highest BCUT2D eigenvalue weighted by atomic mass is 16.6. The fourth-order valence-electron chi connectivity index (χ4n) is 5.07. The Balaban J connectivity index is 1.48. The van der Waals surface area contributed by atoms with Crippen LogP contribution in [0, 0.1) is 6.92 Å². The Kier molecular flexibility index (Phi) is 10.8. The van der Waals surface area contributed by atoms with E-state index in [-0.39, 0.29) is 44.0 Å². The topological polar surface area (TPSA) is 111 Å². The van der Waals surface area contributed by atoms with Crippen LogP contribution in [0.15, 0.2) is 61.2 Å². The van der Waals surface area contributed by atoms with Crippen molar-refractivity contribution < 1.29 is 19.1 Å². The largest absolute Gasteiger partial charge is 0.444 e. The summed E-state index contributed by atoms with van der Waals surface area (Å²) in [6.07, 6.45) is 4.49. The smallest absolute Gasteiger partial charge is 0.410 e. The molecule has 2 heterocycles. The highest BCUT2D eigenvalue weighted by molar-refractivity contribution is 5.87. The lowest BCUT2D eigenvalue weighted by atomic mass is 10.1. The summed E-state index contributed by atoms with van der Waals surface area (Å²) in [5.74, 6) is -0.478. The van der Waals surface area contributed by atoms with Gasteiger partial charge in [0.25, 0.3) is 5.91 Å². The van der Waals surface area contributed by atoms with Crippen LogP contribution < -0.4 is 5.32 Å². The van der Waals surface area contributed by atoms with Gasteiger partial charge in [-0.15, -0.1) is 0 Å². The lowest BCUT2D eigenvalue weighted by molar-refractivity contribution is -0.151. The van der Waals surface area contributed by atoms with E-state index < -0.39 is 11.7 Å². The highest BCUT2D eigenvalue weighted by Crippen LogP contribution is 2.25. The number of hydrazine groups is 1. The number of benzene rings is 2. The summed E-state index contributed by atoms with van der Waals surface area (Å²) < 4.78 is 5.62. The number of aryl methyl sites for hydroxylation is 1. The predicted octanol–water partition coefficient (Wildman–Crippen LogP) is 4.73. The van der Waals surface area contributed by atoms with Crippen LogP contribution in [0.25, 0.3) is 11.1 Å². The average Bonchev–Trinajstić information content (AvgIpc) is 3.43. The molecule has 0 saturated heterocycles. The average molecular weight is 616 g/mol. The molecule has 0 aliphatic carbocycles. The summed E-state index contributed by atoms with van der Waals surface area (Å²) in [5, 5.41) is 6.83. The number of nitrogens with one attached hydrogen (secondary N) is 1. The number of aromatic nitrogens is 2. The maximum Gasteiger partial charge on any atom is 0.410 e. The second-order valence-corrected chi connectivity index (χ2v) is 12.6. The second kappa shape index (κ2) is 14.5. The van der Waals surface area contributed by atoms with Crippen molar-refractivity contribution in [3.63, 3.8) is 0 Å². The lowest BCUT2D eigenvalue weighted by Crippen LogP contribution is -2.51. The number of nitrogens with zero attached hydrogens (tertiary/aromatic N) is 6. The Labute approximate surface area is 266 Å². The molecule has 0 unspecified atom stereocenters. The van der Waals surface area contributed by atoms with E-state index in [9.17, 15) is 14.4 Å². The molecule has 1 aliphatic rings. The maximum absolute atomic E-state index is 13.7. The predicted molar refractivity (Wildman–Crippen MR) is 174 cm³/mol. The van der Waals surface area contributed by atoms with Gasteiger partial charge in [-0.05, 0) is 69.9 Å². The normalized spacial score (nSPS) is 12.9. The van der Waals surface area contributed by atoms with Gasteiger partial charge in [0.1, 0.15) is 18.5 Å². The van der Waals surface area contributed by atoms with Gasteiger partial charge in [-0.3, -0.25) is 14.6 Å². The van der Waals surface area contributed by atoms with Gasteiger partial charge in [0, 0.05) is 62.9 Å². The summed E-state index contributed by atoms with van der Waals surface area (Å²) in [4.78, 5) is 51.6. The number of rotatable bonds is 11. The molecular weight excluding hydrogens is 570 g/mol. The second-order valence-electron chi connectivity index (χ2n) is 12.6. The Morgan fingerprint density at radius 1 is 0.956 bits per heavy atom. The zero-order valence-electron chi connectivity index (χ0n) is 27.4. The number of carbonyl (C=O) groups is 3. The molecule has 0 radical (unpaired) electrons. The molecule has 3 amide bonds. The number of hydrogen-bond donors (Lipinski definition) is 1. The number of hydrogen-bond acceptors (Lipinski definition) is 8. The first-order valence-electron chi connectivity index (χ1n) is 15.3. The number of fused-ring (bicyclic) bond motifs is 1. The van der Waals surface area contributed by atoms with Crippen LogP contribution in [0.4, 0.5) is 10.5 Å². The molecule has 3 aromatic rings. The molecular formula is C34H45N7O4. The Bertz CT molecular complexity index is 1460. The van der Waals surface area contributed by atoms with Gasteiger partial charge in [-0.25, -0.2) is 19.8 Å². The van der Waals surface area contributed by atoms with E-state index in [2.05, 4.69) is 27.4 Å². The van der Waals surface area contributed by atoms with Crippen LogP contribution in [-0.4, -0.2) is 92.6 Å². The zero-order valence-corrected chi connectivity index (χ0v) is 27.4. The van der Waals surface area contributed by atoms with Gasteiger partial charge in [-0.2, -0.15) is 0 Å². The summed E-state index contributed by atoms with van der Waals surface area (Å²) in [7, 11) is 1.73. The molecule has 0 atom stereocenters. The first kappa shape index (κ1) is 33.4. The molecule has 45 heavy (non-hydrogen) atoms. The summed E-state index contributed by atoms with van der Waals surface area (Å²) in [6, 6.07) is 13.9. The Morgan fingerprint density at radius 2 is 1.60 bits per heavy atom. The van der Waals surface area contributed by atoms with Crippen molar-refractivity contribution in [3.8, 4) is 11.1 Å². The van der Waals surface area contributed by atoms with Gasteiger partial charge < -0.3 is 19.9 Å². The molecule has 11 nitrogen and oxygen atoms in total. The molecule has 1 N–H and O–H groups in total. The summed E-state index contributed by atoms with van der Waals surface area (Å²) in [6.45, 7) is 12.7. The van der Waals surface area contributed by atoms with E-state index in [4.69, 9.17) is 4.74 Å². The van der Waals surface area contributed by atoms with E-state index in [1.165, 1.54) is 22.4 Å². The molecule has 1 aromatic heterocycles. The van der Waals surface area contributed by atoms with Crippen LogP contribution in [0.1, 0.15) is 51.3 Å². The fourth-order valence-corrected chi connectivity index (χ4v) is 5.07. The lowest BCUT2D eigenvalue weighted by Gasteiger charge is -2.33. The van der Waals surface area contributed by atoms with E-state index in [1.54, 1.807) is 29.4 Å². The van der Waals surface area contributed by atoms with Crippen molar-refractivity contribution in [2.24, 2.45) is 0 Å². The fraction of sp³-hybridized carbons (Fsp3) is 0.441. The molecule has 1 aliphatic heterocycles. The minimum absolute atomic E-state index is 0.0319. The number of carbonyl (C=O) groups excluding carboxylic acids is 3. The molecule has 0 fully saturated rings. The SMILES string of the molecule is Cc1ccc(-c2cncnc2)cc1NCC(=O)N(CCN(C(=O)OC(C)(C)C)C(C)C)CC(=O)N(C)N1Cc2ccccc2C1. The van der Waals surface area contributed by atoms with Gasteiger partial charge >= 0.3 is 6.09 Å². The third-order valence-electron chi connectivity index (χ3n) is 7.71. The first-order valence-corrected chi connectivity index (χ1v) is 15.3.